The lowest BCUT2D eigenvalue weighted by atomic mass is 10.2. The molecule has 8 nitrogen and oxygen atoms in total. The molecule has 0 radical (unpaired) electrons. The molecule has 1 aromatic carbocycles. The van der Waals surface area contributed by atoms with Crippen LogP contribution in [-0.4, -0.2) is 64.9 Å². The van der Waals surface area contributed by atoms with Crippen LogP contribution in [0.3, 0.4) is 0 Å². The van der Waals surface area contributed by atoms with Crippen molar-refractivity contribution in [2.45, 2.75) is 37.6 Å². The number of aliphatic imine (C=N–C) groups is 1. The van der Waals surface area contributed by atoms with E-state index in [1.165, 1.54) is 25.0 Å². The fourth-order valence-electron chi connectivity index (χ4n) is 5.30. The van der Waals surface area contributed by atoms with Crippen molar-refractivity contribution < 1.29 is 4.39 Å². The second-order valence-corrected chi connectivity index (χ2v) is 9.66. The van der Waals surface area contributed by atoms with Crippen LogP contribution < -0.4 is 15.5 Å². The minimum absolute atomic E-state index is 0.276. The van der Waals surface area contributed by atoms with Gasteiger partial charge in [-0.25, -0.2) is 19.4 Å². The van der Waals surface area contributed by atoms with Crippen molar-refractivity contribution in [1.29, 1.82) is 0 Å². The molecule has 9 heteroatoms. The number of nitrogens with one attached hydrogen (secondary N) is 2. The maximum Gasteiger partial charge on any atom is 0.274 e. The third-order valence-corrected chi connectivity index (χ3v) is 7.25. The number of anilines is 1. The van der Waals surface area contributed by atoms with Crippen LogP contribution in [0.15, 0.2) is 53.7 Å². The van der Waals surface area contributed by atoms with Crippen molar-refractivity contribution in [2.75, 3.05) is 38.1 Å². The fraction of sp³-hybridized carbons (Fsp3) is 0.423. The smallest absolute Gasteiger partial charge is 0.274 e. The lowest BCUT2D eigenvalue weighted by Crippen LogP contribution is -2.59. The summed E-state index contributed by atoms with van der Waals surface area (Å²) in [5.41, 5.74) is 2.33. The highest BCUT2D eigenvalue weighted by Gasteiger charge is 2.38. The average Bonchev–Trinajstić information content (AvgIpc) is 3.53. The number of benzene rings is 1. The van der Waals surface area contributed by atoms with Gasteiger partial charge in [0.25, 0.3) is 5.91 Å². The van der Waals surface area contributed by atoms with E-state index in [4.69, 9.17) is 15.0 Å². The molecular weight excluding hydrogens is 443 g/mol. The molecule has 3 aliphatic rings. The molecule has 1 atom stereocenters. The number of nitrogens with zero attached hydrogens (tertiary/aromatic N) is 6. The largest absolute Gasteiger partial charge is 0.354 e. The van der Waals surface area contributed by atoms with Crippen LogP contribution in [0.1, 0.15) is 25.7 Å². The molecule has 1 saturated carbocycles. The maximum atomic E-state index is 13.8. The van der Waals surface area contributed by atoms with E-state index in [1.54, 1.807) is 12.1 Å². The van der Waals surface area contributed by atoms with Crippen LogP contribution in [0.2, 0.25) is 0 Å². The second-order valence-electron chi connectivity index (χ2n) is 9.66. The Morgan fingerprint density at radius 1 is 1.00 bits per heavy atom. The molecule has 1 unspecified atom stereocenters. The van der Waals surface area contributed by atoms with E-state index in [9.17, 15) is 4.39 Å². The Hall–Kier alpha value is -3.30. The van der Waals surface area contributed by atoms with Gasteiger partial charge in [0.2, 0.25) is 0 Å². The Balaban J connectivity index is 1.50. The summed E-state index contributed by atoms with van der Waals surface area (Å²) in [5.74, 6) is 0.397. The lowest BCUT2D eigenvalue weighted by Gasteiger charge is -2.37. The van der Waals surface area contributed by atoms with Gasteiger partial charge in [-0.15, -0.1) is 0 Å². The molecule has 2 fully saturated rings. The van der Waals surface area contributed by atoms with Gasteiger partial charge in [-0.2, -0.15) is 0 Å². The standard InChI is InChI=1S/C26H31FN8/c1-33-15-17-34(18-16-33)23-12-11-22-24(30-23)31-25(19-7-9-20(27)10-8-19)35(22)26(28-13-4-14-29-26)32-21-5-2-3-6-21/h4,7-14,21,28,32H,2-3,5-6,15-18H2,1H3. The van der Waals surface area contributed by atoms with Crippen molar-refractivity contribution in [2.24, 2.45) is 4.99 Å². The van der Waals surface area contributed by atoms with E-state index < -0.39 is 5.91 Å². The van der Waals surface area contributed by atoms with Gasteiger partial charge in [-0.1, -0.05) is 12.8 Å². The number of fused-ring (bicyclic) bond motifs is 1. The number of piperazine rings is 1. The summed E-state index contributed by atoms with van der Waals surface area (Å²) in [6.07, 6.45) is 10.2. The first-order valence-corrected chi connectivity index (χ1v) is 12.5. The fourth-order valence-corrected chi connectivity index (χ4v) is 5.30. The number of rotatable bonds is 5. The minimum atomic E-state index is -0.945. The van der Waals surface area contributed by atoms with Gasteiger partial charge in [0.05, 0.1) is 5.52 Å². The van der Waals surface area contributed by atoms with Gasteiger partial charge in [0.15, 0.2) is 5.65 Å². The van der Waals surface area contributed by atoms with Gasteiger partial charge >= 0.3 is 0 Å². The van der Waals surface area contributed by atoms with Gasteiger partial charge in [0.1, 0.15) is 17.5 Å². The molecule has 0 bridgehead atoms. The molecule has 0 spiro atoms. The summed E-state index contributed by atoms with van der Waals surface area (Å²) in [7, 11) is 2.15. The Morgan fingerprint density at radius 3 is 2.49 bits per heavy atom. The first kappa shape index (κ1) is 22.2. The third-order valence-electron chi connectivity index (χ3n) is 7.25. The Morgan fingerprint density at radius 2 is 1.77 bits per heavy atom. The number of allylic oxidation sites excluding steroid dienone is 1. The number of hydrogen-bond acceptors (Lipinski definition) is 7. The van der Waals surface area contributed by atoms with Crippen LogP contribution >= 0.6 is 0 Å². The Bertz CT molecular complexity index is 1250. The lowest BCUT2D eigenvalue weighted by molar-refractivity contribution is 0.173. The van der Waals surface area contributed by atoms with Crippen LogP contribution in [-0.2, 0) is 5.91 Å². The number of halogens is 1. The highest BCUT2D eigenvalue weighted by atomic mass is 19.1. The highest BCUT2D eigenvalue weighted by molar-refractivity contribution is 5.80. The van der Waals surface area contributed by atoms with Crippen LogP contribution in [0.4, 0.5) is 10.2 Å². The zero-order valence-corrected chi connectivity index (χ0v) is 20.0. The number of pyridine rings is 1. The van der Waals surface area contributed by atoms with E-state index in [0.29, 0.717) is 17.5 Å². The van der Waals surface area contributed by atoms with Crippen LogP contribution in [0, 0.1) is 5.82 Å². The molecule has 2 aliphatic heterocycles. The van der Waals surface area contributed by atoms with E-state index in [-0.39, 0.29) is 5.82 Å². The first-order chi connectivity index (χ1) is 17.1. The minimum Gasteiger partial charge on any atom is -0.354 e. The van der Waals surface area contributed by atoms with Crippen molar-refractivity contribution in [3.05, 3.63) is 54.5 Å². The molecule has 1 aliphatic carbocycles. The Kier molecular flexibility index (Phi) is 5.74. The number of hydrogen-bond donors (Lipinski definition) is 2. The summed E-state index contributed by atoms with van der Waals surface area (Å²) in [6, 6.07) is 11.0. The van der Waals surface area contributed by atoms with Gasteiger partial charge in [0, 0.05) is 50.2 Å². The van der Waals surface area contributed by atoms with Gasteiger partial charge in [-0.3, -0.25) is 9.88 Å². The summed E-state index contributed by atoms with van der Waals surface area (Å²) in [6.45, 7) is 3.89. The van der Waals surface area contributed by atoms with E-state index in [0.717, 1.165) is 55.9 Å². The Labute approximate surface area is 204 Å². The predicted molar refractivity (Wildman–Crippen MR) is 137 cm³/mol. The van der Waals surface area contributed by atoms with Gasteiger partial charge in [-0.05, 0) is 62.4 Å². The van der Waals surface area contributed by atoms with Crippen LogP contribution in [0.25, 0.3) is 22.6 Å². The zero-order valence-electron chi connectivity index (χ0n) is 20.0. The number of imidazole rings is 1. The van der Waals surface area contributed by atoms with Crippen molar-refractivity contribution in [3.8, 4) is 11.4 Å². The molecule has 6 rings (SSSR count). The molecule has 3 aromatic rings. The summed E-state index contributed by atoms with van der Waals surface area (Å²) in [4.78, 5) is 19.5. The van der Waals surface area contributed by atoms with Gasteiger partial charge < -0.3 is 15.1 Å². The van der Waals surface area contributed by atoms with E-state index in [2.05, 4.69) is 44.2 Å². The predicted octanol–water partition coefficient (Wildman–Crippen LogP) is 3.28. The van der Waals surface area contributed by atoms with Crippen molar-refractivity contribution >= 4 is 23.2 Å². The maximum absolute atomic E-state index is 13.8. The SMILES string of the molecule is CN1CCN(c2ccc3c(n2)nc(-c2ccc(F)cc2)n3C2(NC3CCCC3)N=CC=CN2)CC1. The molecular formula is C26H31FN8. The normalized spacial score (nSPS) is 23.3. The molecule has 2 aromatic heterocycles. The molecule has 4 heterocycles. The second kappa shape index (κ2) is 9.05. The summed E-state index contributed by atoms with van der Waals surface area (Å²) >= 11 is 0. The van der Waals surface area contributed by atoms with Crippen LogP contribution in [0.5, 0.6) is 0 Å². The van der Waals surface area contributed by atoms with Crippen molar-refractivity contribution in [3.63, 3.8) is 0 Å². The molecule has 0 amide bonds. The average molecular weight is 475 g/mol. The number of aromatic nitrogens is 3. The quantitative estimate of drug-likeness (QED) is 0.591. The van der Waals surface area contributed by atoms with E-state index >= 15 is 0 Å². The summed E-state index contributed by atoms with van der Waals surface area (Å²) < 4.78 is 15.9. The van der Waals surface area contributed by atoms with E-state index in [1.807, 2.05) is 18.5 Å². The molecule has 2 N–H and O–H groups in total. The number of likely N-dealkylation sites (N-methyl/N-ethyl adjacent to an activating group) is 1. The molecule has 182 valence electrons. The first-order valence-electron chi connectivity index (χ1n) is 12.5. The highest BCUT2D eigenvalue weighted by Crippen LogP contribution is 2.33. The summed E-state index contributed by atoms with van der Waals surface area (Å²) in [5, 5.41) is 7.25. The topological polar surface area (TPSA) is 73.6 Å². The third kappa shape index (κ3) is 4.19. The van der Waals surface area contributed by atoms with Crippen molar-refractivity contribution in [1.82, 2.24) is 30.1 Å². The molecule has 1 saturated heterocycles. The monoisotopic (exact) mass is 474 g/mol. The molecule has 35 heavy (non-hydrogen) atoms. The zero-order chi connectivity index (χ0) is 23.8.